The molecule has 0 unspecified atom stereocenters. The highest BCUT2D eigenvalue weighted by molar-refractivity contribution is 7.99. The molecule has 10 heteroatoms. The summed E-state index contributed by atoms with van der Waals surface area (Å²) in [5, 5.41) is 14.6. The Morgan fingerprint density at radius 1 is 0.846 bits per heavy atom. The van der Waals surface area contributed by atoms with Crippen molar-refractivity contribution in [1.82, 2.24) is 4.72 Å². The lowest BCUT2D eigenvalue weighted by Gasteiger charge is -2.10. The van der Waals surface area contributed by atoms with Crippen LogP contribution in [0.2, 0.25) is 0 Å². The van der Waals surface area contributed by atoms with Gasteiger partial charge in [-0.05, 0) is 47.5 Å². The second-order valence-corrected chi connectivity index (χ2v) is 11.2. The van der Waals surface area contributed by atoms with Gasteiger partial charge in [-0.2, -0.15) is 0 Å². The number of anilines is 1. The number of rotatable bonds is 11. The molecule has 0 fully saturated rings. The maximum Gasteiger partial charge on any atom is 0.293 e. The Hall–Kier alpha value is -4.41. The molecule has 2 N–H and O–H groups in total. The number of thioether (sulfide) groups is 1. The van der Waals surface area contributed by atoms with E-state index in [-0.39, 0.29) is 16.1 Å². The molecule has 0 aliphatic rings. The number of nitrogens with one attached hydrogen (secondary N) is 2. The van der Waals surface area contributed by atoms with Gasteiger partial charge in [0.05, 0.1) is 9.82 Å². The minimum atomic E-state index is -4.35. The third kappa shape index (κ3) is 7.79. The average molecular weight is 560 g/mol. The van der Waals surface area contributed by atoms with Gasteiger partial charge in [0, 0.05) is 28.8 Å². The fourth-order valence-electron chi connectivity index (χ4n) is 3.59. The van der Waals surface area contributed by atoms with Gasteiger partial charge in [-0.1, -0.05) is 72.8 Å². The van der Waals surface area contributed by atoms with Crippen molar-refractivity contribution in [3.05, 3.63) is 130 Å². The van der Waals surface area contributed by atoms with E-state index in [2.05, 4.69) is 5.32 Å². The number of sulfonamides is 1. The minimum absolute atomic E-state index is 0.138. The summed E-state index contributed by atoms with van der Waals surface area (Å²) in [5.41, 5.74) is 1.78. The molecule has 39 heavy (non-hydrogen) atoms. The van der Waals surface area contributed by atoms with Gasteiger partial charge in [-0.3, -0.25) is 14.9 Å². The number of hydrogen-bond acceptors (Lipinski definition) is 7. The maximum atomic E-state index is 12.9. The van der Waals surface area contributed by atoms with Crippen LogP contribution in [0.1, 0.15) is 21.5 Å². The Bertz CT molecular complexity index is 1570. The Labute approximate surface area is 231 Å². The van der Waals surface area contributed by atoms with E-state index in [1.54, 1.807) is 23.9 Å². The highest BCUT2D eigenvalue weighted by Gasteiger charge is 2.23. The molecule has 0 radical (unpaired) electrons. The van der Waals surface area contributed by atoms with Crippen molar-refractivity contribution >= 4 is 51.2 Å². The van der Waals surface area contributed by atoms with Crippen LogP contribution < -0.4 is 10.0 Å². The second kappa shape index (κ2) is 12.9. The molecule has 0 atom stereocenters. The van der Waals surface area contributed by atoms with Gasteiger partial charge in [0.2, 0.25) is 0 Å². The van der Waals surface area contributed by atoms with E-state index in [4.69, 9.17) is 0 Å². The average Bonchev–Trinajstić information content (AvgIpc) is 2.95. The molecule has 8 nitrogen and oxygen atoms in total. The molecule has 0 spiro atoms. The summed E-state index contributed by atoms with van der Waals surface area (Å²) < 4.78 is 27.7. The third-order valence-corrected chi connectivity index (χ3v) is 7.92. The molecule has 1 amide bonds. The smallest absolute Gasteiger partial charge is 0.293 e. The number of amides is 1. The van der Waals surface area contributed by atoms with Crippen molar-refractivity contribution in [2.75, 3.05) is 17.6 Å². The van der Waals surface area contributed by atoms with Crippen LogP contribution in [0.15, 0.2) is 113 Å². The lowest BCUT2D eigenvalue weighted by atomic mass is 10.1. The zero-order chi connectivity index (χ0) is 27.7. The Balaban J connectivity index is 1.40. The van der Waals surface area contributed by atoms with Gasteiger partial charge in [-0.25, -0.2) is 13.1 Å². The monoisotopic (exact) mass is 559 g/mol. The molecule has 0 aliphatic heterocycles. The molecular weight excluding hydrogens is 534 g/mol. The first-order valence-corrected chi connectivity index (χ1v) is 14.4. The molecule has 4 aromatic carbocycles. The number of nitrogens with zero attached hydrogens (tertiary/aromatic N) is 1. The van der Waals surface area contributed by atoms with E-state index in [9.17, 15) is 23.3 Å². The summed E-state index contributed by atoms with van der Waals surface area (Å²) in [6.07, 6.45) is 3.80. The van der Waals surface area contributed by atoms with Crippen molar-refractivity contribution in [2.24, 2.45) is 0 Å². The van der Waals surface area contributed by atoms with Crippen molar-refractivity contribution in [2.45, 2.75) is 9.79 Å². The highest BCUT2D eigenvalue weighted by Crippen LogP contribution is 2.28. The maximum absolute atomic E-state index is 12.9. The zero-order valence-electron chi connectivity index (χ0n) is 20.7. The first kappa shape index (κ1) is 27.6. The molecule has 0 aromatic heterocycles. The number of carbonyl (C=O) groups excluding carboxylic acids is 1. The summed E-state index contributed by atoms with van der Waals surface area (Å²) in [4.78, 5) is 24.3. The molecule has 0 saturated heterocycles. The van der Waals surface area contributed by atoms with Crippen molar-refractivity contribution in [3.63, 3.8) is 0 Å². The van der Waals surface area contributed by atoms with Crippen LogP contribution in [0.4, 0.5) is 11.4 Å². The fourth-order valence-corrected chi connectivity index (χ4v) is 5.38. The summed E-state index contributed by atoms with van der Waals surface area (Å²) >= 11 is 1.59. The van der Waals surface area contributed by atoms with Gasteiger partial charge >= 0.3 is 0 Å². The number of nitro benzene ring substituents is 1. The predicted octanol–water partition coefficient (Wildman–Crippen LogP) is 6.09. The van der Waals surface area contributed by atoms with Gasteiger partial charge in [-0.15, -0.1) is 11.8 Å². The van der Waals surface area contributed by atoms with Crippen LogP contribution in [-0.2, 0) is 10.0 Å². The lowest BCUT2D eigenvalue weighted by molar-refractivity contribution is -0.384. The molecular formula is C29H25N3O5S2. The Morgan fingerprint density at radius 3 is 2.10 bits per heavy atom. The molecule has 0 bridgehead atoms. The molecule has 0 heterocycles. The standard InChI is InChI=1S/C29H25N3O5S2/c33-29(24-15-13-23(14-16-24)12-11-22-7-3-1-4-8-22)31-39(36,37)26-17-18-27(28(21-26)32(34)35)30-19-20-38-25-9-5-2-6-10-25/h1-18,21,30H,19-20H2,(H,31,33)/b12-11+. The van der Waals surface area contributed by atoms with Gasteiger partial charge in [0.15, 0.2) is 0 Å². The quantitative estimate of drug-likeness (QED) is 0.0751. The topological polar surface area (TPSA) is 118 Å². The third-order valence-electron chi connectivity index (χ3n) is 5.57. The second-order valence-electron chi connectivity index (χ2n) is 8.33. The van der Waals surface area contributed by atoms with E-state index >= 15 is 0 Å². The van der Waals surface area contributed by atoms with Gasteiger partial charge in [0.1, 0.15) is 5.69 Å². The largest absolute Gasteiger partial charge is 0.379 e. The molecule has 4 rings (SSSR count). The van der Waals surface area contributed by atoms with Crippen LogP contribution in [0.5, 0.6) is 0 Å². The van der Waals surface area contributed by atoms with Gasteiger partial charge < -0.3 is 5.32 Å². The zero-order valence-corrected chi connectivity index (χ0v) is 22.3. The first-order valence-electron chi connectivity index (χ1n) is 11.9. The summed E-state index contributed by atoms with van der Waals surface area (Å²) in [6, 6.07) is 29.3. The normalized spacial score (nSPS) is 11.3. The number of nitro groups is 1. The van der Waals surface area contributed by atoms with Crippen LogP contribution in [0.25, 0.3) is 12.2 Å². The Morgan fingerprint density at radius 2 is 1.46 bits per heavy atom. The van der Waals surface area contributed by atoms with E-state index < -0.39 is 26.5 Å². The predicted molar refractivity (Wildman–Crippen MR) is 155 cm³/mol. The number of hydrogen-bond donors (Lipinski definition) is 2. The highest BCUT2D eigenvalue weighted by atomic mass is 32.2. The number of benzene rings is 4. The van der Waals surface area contributed by atoms with E-state index in [1.807, 2.05) is 77.5 Å². The van der Waals surface area contributed by atoms with E-state index in [1.165, 1.54) is 24.3 Å². The van der Waals surface area contributed by atoms with E-state index in [0.29, 0.717) is 12.3 Å². The SMILES string of the molecule is O=C(NS(=O)(=O)c1ccc(NCCSc2ccccc2)c([N+](=O)[O-])c1)c1ccc(/C=C/c2ccccc2)cc1. The number of carbonyl (C=O) groups is 1. The van der Waals surface area contributed by atoms with Crippen molar-refractivity contribution < 1.29 is 18.1 Å². The fraction of sp³-hybridized carbons (Fsp3) is 0.0690. The first-order chi connectivity index (χ1) is 18.8. The molecule has 4 aromatic rings. The Kier molecular flexibility index (Phi) is 9.14. The van der Waals surface area contributed by atoms with Gasteiger partial charge in [0.25, 0.3) is 21.6 Å². The lowest BCUT2D eigenvalue weighted by Crippen LogP contribution is -2.30. The van der Waals surface area contributed by atoms with Crippen LogP contribution >= 0.6 is 11.8 Å². The summed E-state index contributed by atoms with van der Waals surface area (Å²) in [7, 11) is -4.35. The summed E-state index contributed by atoms with van der Waals surface area (Å²) in [6.45, 7) is 0.430. The minimum Gasteiger partial charge on any atom is -0.379 e. The van der Waals surface area contributed by atoms with Crippen LogP contribution in [0.3, 0.4) is 0 Å². The van der Waals surface area contributed by atoms with Crippen LogP contribution in [0, 0.1) is 10.1 Å². The molecule has 0 aliphatic carbocycles. The molecule has 0 saturated carbocycles. The van der Waals surface area contributed by atoms with Crippen molar-refractivity contribution in [1.29, 1.82) is 0 Å². The molecule has 198 valence electrons. The van der Waals surface area contributed by atoms with Crippen molar-refractivity contribution in [3.8, 4) is 0 Å². The van der Waals surface area contributed by atoms with Crippen LogP contribution in [-0.4, -0.2) is 31.5 Å². The van der Waals surface area contributed by atoms with E-state index in [0.717, 1.165) is 22.1 Å². The summed E-state index contributed by atoms with van der Waals surface area (Å²) in [5.74, 6) is -0.186.